The number of nitrogens with zero attached hydrogens (tertiary/aromatic N) is 2. The molecule has 0 saturated heterocycles. The number of hydrogen-bond donors (Lipinski definition) is 1. The smallest absolute Gasteiger partial charge is 0.0850 e. The SMILES string of the molecule is CCc1nn(C)c(CC(NC)c2ccc(Br)c(C)c2)c1Cl. The minimum Gasteiger partial charge on any atom is -0.313 e. The Morgan fingerprint density at radius 1 is 1.43 bits per heavy atom. The van der Waals surface area contributed by atoms with E-state index < -0.39 is 0 Å². The third kappa shape index (κ3) is 3.50. The zero-order valence-corrected chi connectivity index (χ0v) is 15.2. The molecule has 0 aliphatic carbocycles. The van der Waals surface area contributed by atoms with Gasteiger partial charge in [-0.1, -0.05) is 46.6 Å². The van der Waals surface area contributed by atoms with E-state index in [2.05, 4.69) is 58.4 Å². The van der Waals surface area contributed by atoms with Crippen LogP contribution in [0.2, 0.25) is 5.02 Å². The van der Waals surface area contributed by atoms with Crippen LogP contribution in [0.4, 0.5) is 0 Å². The number of benzene rings is 1. The van der Waals surface area contributed by atoms with E-state index in [0.717, 1.165) is 33.7 Å². The molecule has 0 amide bonds. The highest BCUT2D eigenvalue weighted by Crippen LogP contribution is 2.28. The van der Waals surface area contributed by atoms with Crippen LogP contribution in [0.15, 0.2) is 22.7 Å². The first kappa shape index (κ1) is 16.5. The molecule has 1 unspecified atom stereocenters. The normalized spacial score (nSPS) is 12.7. The molecule has 5 heteroatoms. The van der Waals surface area contributed by atoms with Gasteiger partial charge in [0.25, 0.3) is 0 Å². The van der Waals surface area contributed by atoms with Crippen LogP contribution in [0.25, 0.3) is 0 Å². The van der Waals surface area contributed by atoms with Gasteiger partial charge in [0, 0.05) is 24.0 Å². The molecular formula is C16H21BrClN3. The summed E-state index contributed by atoms with van der Waals surface area (Å²) >= 11 is 10.0. The number of rotatable bonds is 5. The van der Waals surface area contributed by atoms with Crippen LogP contribution in [-0.2, 0) is 19.9 Å². The summed E-state index contributed by atoms with van der Waals surface area (Å²) in [4.78, 5) is 0. The summed E-state index contributed by atoms with van der Waals surface area (Å²) < 4.78 is 3.03. The molecule has 1 N–H and O–H groups in total. The molecule has 21 heavy (non-hydrogen) atoms. The Bertz CT molecular complexity index is 637. The molecule has 1 atom stereocenters. The van der Waals surface area contributed by atoms with Gasteiger partial charge in [-0.2, -0.15) is 5.10 Å². The summed E-state index contributed by atoms with van der Waals surface area (Å²) in [6, 6.07) is 6.66. The summed E-state index contributed by atoms with van der Waals surface area (Å²) in [6.07, 6.45) is 1.67. The van der Waals surface area contributed by atoms with Crippen LogP contribution in [0, 0.1) is 6.92 Å². The lowest BCUT2D eigenvalue weighted by Gasteiger charge is -2.18. The Kier molecular flexibility index (Phi) is 5.47. The third-order valence-electron chi connectivity index (χ3n) is 3.83. The Morgan fingerprint density at radius 3 is 2.67 bits per heavy atom. The van der Waals surface area contributed by atoms with Crippen molar-refractivity contribution >= 4 is 27.5 Å². The van der Waals surface area contributed by atoms with Crippen LogP contribution in [0.5, 0.6) is 0 Å². The minimum absolute atomic E-state index is 0.217. The number of likely N-dealkylation sites (N-methyl/N-ethyl adjacent to an activating group) is 1. The molecule has 2 rings (SSSR count). The van der Waals surface area contributed by atoms with Crippen molar-refractivity contribution in [1.82, 2.24) is 15.1 Å². The van der Waals surface area contributed by atoms with E-state index in [1.807, 2.05) is 18.8 Å². The Morgan fingerprint density at radius 2 is 2.14 bits per heavy atom. The number of nitrogens with one attached hydrogen (secondary N) is 1. The lowest BCUT2D eigenvalue weighted by molar-refractivity contribution is 0.561. The molecule has 3 nitrogen and oxygen atoms in total. The van der Waals surface area contributed by atoms with Crippen molar-refractivity contribution in [3.05, 3.63) is 50.2 Å². The highest BCUT2D eigenvalue weighted by molar-refractivity contribution is 9.10. The maximum Gasteiger partial charge on any atom is 0.0850 e. The molecular weight excluding hydrogens is 350 g/mol. The third-order valence-corrected chi connectivity index (χ3v) is 5.16. The van der Waals surface area contributed by atoms with Gasteiger partial charge in [0.2, 0.25) is 0 Å². The first-order chi connectivity index (χ1) is 9.97. The molecule has 1 aromatic heterocycles. The van der Waals surface area contributed by atoms with Crippen molar-refractivity contribution in [1.29, 1.82) is 0 Å². The fraction of sp³-hybridized carbons (Fsp3) is 0.438. The van der Waals surface area contributed by atoms with Crippen LogP contribution in [0.3, 0.4) is 0 Å². The molecule has 0 saturated carbocycles. The van der Waals surface area contributed by atoms with Gasteiger partial charge in [-0.05, 0) is 37.6 Å². The minimum atomic E-state index is 0.217. The topological polar surface area (TPSA) is 29.9 Å². The molecule has 2 aromatic rings. The van der Waals surface area contributed by atoms with Crippen LogP contribution >= 0.6 is 27.5 Å². The molecule has 114 valence electrons. The lowest BCUT2D eigenvalue weighted by Crippen LogP contribution is -2.20. The monoisotopic (exact) mass is 369 g/mol. The van der Waals surface area contributed by atoms with Gasteiger partial charge in [0.15, 0.2) is 0 Å². The van der Waals surface area contributed by atoms with Crippen molar-refractivity contribution < 1.29 is 0 Å². The summed E-state index contributed by atoms with van der Waals surface area (Å²) in [7, 11) is 3.94. The van der Waals surface area contributed by atoms with Gasteiger partial charge in [-0.15, -0.1) is 0 Å². The highest BCUT2D eigenvalue weighted by atomic mass is 79.9. The first-order valence-corrected chi connectivity index (χ1v) is 8.28. The average Bonchev–Trinajstić information content (AvgIpc) is 2.74. The summed E-state index contributed by atoms with van der Waals surface area (Å²) in [5.74, 6) is 0. The van der Waals surface area contributed by atoms with E-state index >= 15 is 0 Å². The van der Waals surface area contributed by atoms with Crippen LogP contribution in [-0.4, -0.2) is 16.8 Å². The predicted molar refractivity (Wildman–Crippen MR) is 92.0 cm³/mol. The average molecular weight is 371 g/mol. The predicted octanol–water partition coefficient (Wildman–Crippen LogP) is 4.21. The quantitative estimate of drug-likeness (QED) is 0.854. The van der Waals surface area contributed by atoms with E-state index in [1.54, 1.807) is 0 Å². The molecule has 0 aliphatic heterocycles. The van der Waals surface area contributed by atoms with Gasteiger partial charge in [0.1, 0.15) is 0 Å². The maximum atomic E-state index is 6.46. The van der Waals surface area contributed by atoms with Crippen molar-refractivity contribution in [2.75, 3.05) is 7.05 Å². The van der Waals surface area contributed by atoms with Crippen molar-refractivity contribution in [3.8, 4) is 0 Å². The molecule has 0 spiro atoms. The zero-order chi connectivity index (χ0) is 15.6. The number of halogens is 2. The van der Waals surface area contributed by atoms with Gasteiger partial charge in [-0.25, -0.2) is 0 Å². The standard InChI is InChI=1S/C16H21BrClN3/c1-5-13-16(18)15(21(4)20-13)9-14(19-3)11-6-7-12(17)10(2)8-11/h6-8,14,19H,5,9H2,1-4H3. The van der Waals surface area contributed by atoms with E-state index in [1.165, 1.54) is 11.1 Å². The van der Waals surface area contributed by atoms with E-state index in [-0.39, 0.29) is 6.04 Å². The van der Waals surface area contributed by atoms with Crippen LogP contribution in [0.1, 0.15) is 35.5 Å². The number of aromatic nitrogens is 2. The number of hydrogen-bond acceptors (Lipinski definition) is 2. The molecule has 0 bridgehead atoms. The maximum absolute atomic E-state index is 6.46. The largest absolute Gasteiger partial charge is 0.313 e. The highest BCUT2D eigenvalue weighted by Gasteiger charge is 2.18. The second-order valence-corrected chi connectivity index (χ2v) is 6.47. The van der Waals surface area contributed by atoms with Crippen molar-refractivity contribution in [2.24, 2.45) is 7.05 Å². The molecule has 0 fully saturated rings. The van der Waals surface area contributed by atoms with E-state index in [0.29, 0.717) is 0 Å². The summed E-state index contributed by atoms with van der Waals surface area (Å²) in [5, 5.41) is 8.67. The van der Waals surface area contributed by atoms with E-state index in [4.69, 9.17) is 11.6 Å². The van der Waals surface area contributed by atoms with Gasteiger partial charge in [0.05, 0.1) is 16.4 Å². The van der Waals surface area contributed by atoms with Gasteiger partial charge in [-0.3, -0.25) is 4.68 Å². The first-order valence-electron chi connectivity index (χ1n) is 7.11. The second-order valence-electron chi connectivity index (χ2n) is 5.24. The lowest BCUT2D eigenvalue weighted by atomic mass is 10.00. The molecule has 0 radical (unpaired) electrons. The van der Waals surface area contributed by atoms with E-state index in [9.17, 15) is 0 Å². The van der Waals surface area contributed by atoms with Crippen molar-refractivity contribution in [3.63, 3.8) is 0 Å². The molecule has 0 aliphatic rings. The Balaban J connectivity index is 2.31. The fourth-order valence-corrected chi connectivity index (χ4v) is 3.12. The summed E-state index contributed by atoms with van der Waals surface area (Å²) in [5.41, 5.74) is 4.54. The number of aryl methyl sites for hydroxylation is 3. The van der Waals surface area contributed by atoms with Gasteiger partial charge >= 0.3 is 0 Å². The van der Waals surface area contributed by atoms with Crippen LogP contribution < -0.4 is 5.32 Å². The summed E-state index contributed by atoms with van der Waals surface area (Å²) in [6.45, 7) is 4.18. The second kappa shape index (κ2) is 6.95. The Hall–Kier alpha value is -0.840. The van der Waals surface area contributed by atoms with Gasteiger partial charge < -0.3 is 5.32 Å². The zero-order valence-electron chi connectivity index (χ0n) is 12.9. The molecule has 1 heterocycles. The Labute approximate surface area is 139 Å². The fourth-order valence-electron chi connectivity index (χ4n) is 2.51. The van der Waals surface area contributed by atoms with Crippen molar-refractivity contribution in [2.45, 2.75) is 32.7 Å². The molecule has 1 aromatic carbocycles.